The summed E-state index contributed by atoms with van der Waals surface area (Å²) in [6.07, 6.45) is 9.75. The molecular formula is C13H22N2OS. The highest BCUT2D eigenvalue weighted by Gasteiger charge is 2.38. The number of hydrogen-bond acceptors (Lipinski definition) is 2. The highest BCUT2D eigenvalue weighted by molar-refractivity contribution is 7.80. The van der Waals surface area contributed by atoms with Crippen molar-refractivity contribution in [1.82, 2.24) is 5.32 Å². The quantitative estimate of drug-likeness (QED) is 0.600. The molecule has 2 rings (SSSR count). The van der Waals surface area contributed by atoms with Gasteiger partial charge in [0.05, 0.1) is 10.5 Å². The lowest BCUT2D eigenvalue weighted by atomic mass is 9.82. The Hall–Kier alpha value is -0.640. The molecule has 3 nitrogen and oxygen atoms in total. The van der Waals surface area contributed by atoms with Gasteiger partial charge in [0.15, 0.2) is 0 Å². The van der Waals surface area contributed by atoms with Gasteiger partial charge in [-0.1, -0.05) is 44.3 Å². The molecule has 0 atom stereocenters. The third-order valence-electron chi connectivity index (χ3n) is 4.27. The van der Waals surface area contributed by atoms with Crippen LogP contribution in [0.15, 0.2) is 0 Å². The third kappa shape index (κ3) is 2.79. The van der Waals surface area contributed by atoms with E-state index in [2.05, 4.69) is 5.32 Å². The van der Waals surface area contributed by atoms with Gasteiger partial charge in [-0.2, -0.15) is 0 Å². The van der Waals surface area contributed by atoms with Crippen molar-refractivity contribution in [1.29, 1.82) is 0 Å². The molecule has 0 aliphatic heterocycles. The van der Waals surface area contributed by atoms with Crippen LogP contribution >= 0.6 is 12.2 Å². The first-order valence-corrected chi connectivity index (χ1v) is 7.17. The monoisotopic (exact) mass is 254 g/mol. The number of thiocarbonyl (C=S) groups is 1. The van der Waals surface area contributed by atoms with Crippen LogP contribution in [0.4, 0.5) is 0 Å². The molecule has 0 spiro atoms. The van der Waals surface area contributed by atoms with Gasteiger partial charge in [0.25, 0.3) is 0 Å². The minimum atomic E-state index is -0.390. The van der Waals surface area contributed by atoms with Crippen molar-refractivity contribution in [3.63, 3.8) is 0 Å². The predicted octanol–water partition coefficient (Wildman–Crippen LogP) is 2.28. The van der Waals surface area contributed by atoms with Gasteiger partial charge >= 0.3 is 0 Å². The number of carbonyl (C=O) groups is 1. The second-order valence-electron chi connectivity index (χ2n) is 5.48. The number of rotatable bonds is 3. The van der Waals surface area contributed by atoms with Crippen LogP contribution in [-0.4, -0.2) is 16.4 Å². The molecule has 4 heteroatoms. The second-order valence-corrected chi connectivity index (χ2v) is 5.92. The molecule has 0 radical (unpaired) electrons. The van der Waals surface area contributed by atoms with Gasteiger partial charge in [-0.25, -0.2) is 0 Å². The molecule has 1 amide bonds. The number of nitrogens with one attached hydrogen (secondary N) is 1. The van der Waals surface area contributed by atoms with Crippen molar-refractivity contribution in [2.75, 3.05) is 0 Å². The lowest BCUT2D eigenvalue weighted by Gasteiger charge is -2.36. The van der Waals surface area contributed by atoms with Crippen LogP contribution in [-0.2, 0) is 4.79 Å². The van der Waals surface area contributed by atoms with Crippen molar-refractivity contribution in [3.8, 4) is 0 Å². The van der Waals surface area contributed by atoms with Gasteiger partial charge in [0.2, 0.25) is 5.91 Å². The number of nitrogens with two attached hydrogens (primary N) is 1. The molecule has 0 aromatic heterocycles. The highest BCUT2D eigenvalue weighted by Crippen LogP contribution is 2.31. The predicted molar refractivity (Wildman–Crippen MR) is 72.7 cm³/mol. The maximum absolute atomic E-state index is 12.1. The van der Waals surface area contributed by atoms with Crippen molar-refractivity contribution < 1.29 is 4.79 Å². The molecular weight excluding hydrogens is 232 g/mol. The summed E-state index contributed by atoms with van der Waals surface area (Å²) in [7, 11) is 0. The molecule has 2 aliphatic carbocycles. The van der Waals surface area contributed by atoms with Crippen LogP contribution in [0.25, 0.3) is 0 Å². The maximum Gasteiger partial charge on any atom is 0.223 e. The zero-order valence-electron chi connectivity index (χ0n) is 10.3. The smallest absolute Gasteiger partial charge is 0.223 e. The third-order valence-corrected chi connectivity index (χ3v) is 4.66. The summed E-state index contributed by atoms with van der Waals surface area (Å²) in [4.78, 5) is 12.6. The average molecular weight is 254 g/mol. The standard InChI is InChI=1S/C13H22N2OS/c14-12(17)13(8-3-1-2-4-9-13)15-11(16)10-6-5-7-10/h10H,1-9H2,(H2,14,17)(H,15,16). The van der Waals surface area contributed by atoms with E-state index in [4.69, 9.17) is 18.0 Å². The van der Waals surface area contributed by atoms with E-state index < -0.39 is 5.54 Å². The van der Waals surface area contributed by atoms with Crippen LogP contribution in [0.1, 0.15) is 57.8 Å². The Balaban J connectivity index is 2.04. The Bertz CT molecular complexity index is 305. The average Bonchev–Trinajstić information content (AvgIpc) is 2.41. The van der Waals surface area contributed by atoms with Crippen LogP contribution in [0, 0.1) is 5.92 Å². The molecule has 17 heavy (non-hydrogen) atoms. The topological polar surface area (TPSA) is 55.1 Å². The lowest BCUT2D eigenvalue weighted by molar-refractivity contribution is -0.128. The first kappa shape index (κ1) is 12.8. The van der Waals surface area contributed by atoms with Gasteiger partial charge in [0.1, 0.15) is 0 Å². The fourth-order valence-electron chi connectivity index (χ4n) is 2.77. The van der Waals surface area contributed by atoms with Crippen molar-refractivity contribution in [2.45, 2.75) is 63.3 Å². The summed E-state index contributed by atoms with van der Waals surface area (Å²) in [5, 5.41) is 3.17. The Kier molecular flexibility index (Phi) is 4.02. The van der Waals surface area contributed by atoms with Gasteiger partial charge in [-0.05, 0) is 25.7 Å². The van der Waals surface area contributed by atoms with Gasteiger partial charge < -0.3 is 11.1 Å². The minimum absolute atomic E-state index is 0.172. The van der Waals surface area contributed by atoms with Crippen LogP contribution in [0.3, 0.4) is 0 Å². The van der Waals surface area contributed by atoms with Gasteiger partial charge in [-0.15, -0.1) is 0 Å². The lowest BCUT2D eigenvalue weighted by Crippen LogP contribution is -2.58. The number of hydrogen-bond donors (Lipinski definition) is 2. The van der Waals surface area contributed by atoms with E-state index in [1.807, 2.05) is 0 Å². The van der Waals surface area contributed by atoms with E-state index in [1.54, 1.807) is 0 Å². The van der Waals surface area contributed by atoms with Crippen LogP contribution in [0.5, 0.6) is 0 Å². The van der Waals surface area contributed by atoms with E-state index in [9.17, 15) is 4.79 Å². The molecule has 0 unspecified atom stereocenters. The Morgan fingerprint density at radius 3 is 2.12 bits per heavy atom. The van der Waals surface area contributed by atoms with Gasteiger partial charge in [0, 0.05) is 5.92 Å². The van der Waals surface area contributed by atoms with Gasteiger partial charge in [-0.3, -0.25) is 4.79 Å². The molecule has 0 bridgehead atoms. The number of carbonyl (C=O) groups excluding carboxylic acids is 1. The van der Waals surface area contributed by atoms with Crippen LogP contribution in [0.2, 0.25) is 0 Å². The first-order chi connectivity index (χ1) is 8.14. The van der Waals surface area contributed by atoms with Crippen molar-refractivity contribution in [2.24, 2.45) is 11.7 Å². The summed E-state index contributed by atoms with van der Waals surface area (Å²) >= 11 is 5.21. The van der Waals surface area contributed by atoms with E-state index in [0.717, 1.165) is 38.5 Å². The fraction of sp³-hybridized carbons (Fsp3) is 0.846. The summed E-state index contributed by atoms with van der Waals surface area (Å²) < 4.78 is 0. The Morgan fingerprint density at radius 1 is 1.12 bits per heavy atom. The molecule has 3 N–H and O–H groups in total. The molecule has 0 heterocycles. The summed E-state index contributed by atoms with van der Waals surface area (Å²) in [6.45, 7) is 0. The highest BCUT2D eigenvalue weighted by atomic mass is 32.1. The molecule has 2 fully saturated rings. The first-order valence-electron chi connectivity index (χ1n) is 6.76. The molecule has 0 aromatic carbocycles. The van der Waals surface area contributed by atoms with Crippen molar-refractivity contribution >= 4 is 23.1 Å². The summed E-state index contributed by atoms with van der Waals surface area (Å²) in [5.41, 5.74) is 5.51. The zero-order chi connectivity index (χ0) is 12.3. The SMILES string of the molecule is NC(=S)C1(NC(=O)C2CCC2)CCCCCC1. The summed E-state index contributed by atoms with van der Waals surface area (Å²) in [5.74, 6) is 0.385. The second kappa shape index (κ2) is 5.34. The molecule has 0 saturated heterocycles. The Morgan fingerprint density at radius 2 is 1.71 bits per heavy atom. The van der Waals surface area contributed by atoms with E-state index in [0.29, 0.717) is 4.99 Å². The molecule has 0 aromatic rings. The fourth-order valence-corrected chi connectivity index (χ4v) is 3.03. The maximum atomic E-state index is 12.1. The molecule has 2 aliphatic rings. The Labute approximate surface area is 109 Å². The summed E-state index contributed by atoms with van der Waals surface area (Å²) in [6, 6.07) is 0. The van der Waals surface area contributed by atoms with E-state index in [-0.39, 0.29) is 11.8 Å². The minimum Gasteiger partial charge on any atom is -0.391 e. The van der Waals surface area contributed by atoms with E-state index >= 15 is 0 Å². The zero-order valence-corrected chi connectivity index (χ0v) is 11.2. The largest absolute Gasteiger partial charge is 0.391 e. The number of amides is 1. The van der Waals surface area contributed by atoms with E-state index in [1.165, 1.54) is 19.3 Å². The van der Waals surface area contributed by atoms with Crippen molar-refractivity contribution in [3.05, 3.63) is 0 Å². The molecule has 2 saturated carbocycles. The normalized spacial score (nSPS) is 24.5. The molecule has 96 valence electrons. The van der Waals surface area contributed by atoms with Crippen LogP contribution < -0.4 is 11.1 Å².